The number of methoxy groups -OCH3 is 1. The van der Waals surface area contributed by atoms with Crippen molar-refractivity contribution in [2.75, 3.05) is 19.0 Å². The third kappa shape index (κ3) is 5.60. The molecule has 0 spiro atoms. The van der Waals surface area contributed by atoms with E-state index in [1.54, 1.807) is 38.3 Å². The summed E-state index contributed by atoms with van der Waals surface area (Å²) in [6, 6.07) is 11.0. The zero-order valence-electron chi connectivity index (χ0n) is 14.3. The summed E-state index contributed by atoms with van der Waals surface area (Å²) in [5.74, 6) is -0.0214. The van der Waals surface area contributed by atoms with Gasteiger partial charge in [0.25, 0.3) is 5.91 Å². The first kappa shape index (κ1) is 18.4. The van der Waals surface area contributed by atoms with Gasteiger partial charge in [-0.25, -0.2) is 4.39 Å². The molecular weight excluding hydrogens is 323 g/mol. The molecule has 2 aromatic carbocycles. The fraction of sp³-hybridized carbons (Fsp3) is 0.263. The predicted molar refractivity (Wildman–Crippen MR) is 94.3 cm³/mol. The van der Waals surface area contributed by atoms with Crippen molar-refractivity contribution in [1.82, 2.24) is 5.32 Å². The van der Waals surface area contributed by atoms with Gasteiger partial charge in [-0.1, -0.05) is 0 Å². The average Bonchev–Trinajstić information content (AvgIpc) is 2.61. The molecule has 132 valence electrons. The van der Waals surface area contributed by atoms with E-state index >= 15 is 0 Å². The molecule has 0 unspecified atom stereocenters. The summed E-state index contributed by atoms with van der Waals surface area (Å²) >= 11 is 0. The summed E-state index contributed by atoms with van der Waals surface area (Å²) in [7, 11) is 1.56. The molecule has 2 rings (SSSR count). The van der Waals surface area contributed by atoms with Crippen LogP contribution in [0, 0.1) is 12.7 Å². The molecule has 0 fully saturated rings. The number of carbonyl (C=O) groups excluding carboxylic acids is 2. The van der Waals surface area contributed by atoms with E-state index in [9.17, 15) is 14.0 Å². The van der Waals surface area contributed by atoms with Crippen LogP contribution in [0.25, 0.3) is 0 Å². The summed E-state index contributed by atoms with van der Waals surface area (Å²) in [5.41, 5.74) is 1.79. The zero-order chi connectivity index (χ0) is 18.2. The van der Waals surface area contributed by atoms with Gasteiger partial charge in [0.2, 0.25) is 5.91 Å². The molecule has 25 heavy (non-hydrogen) atoms. The number of rotatable bonds is 7. The van der Waals surface area contributed by atoms with Crippen LogP contribution in [0.5, 0.6) is 5.75 Å². The minimum Gasteiger partial charge on any atom is -0.497 e. The molecule has 0 bridgehead atoms. The second-order valence-corrected chi connectivity index (χ2v) is 5.60. The largest absolute Gasteiger partial charge is 0.497 e. The molecule has 0 radical (unpaired) electrons. The number of hydrogen-bond donors (Lipinski definition) is 2. The van der Waals surface area contributed by atoms with Crippen molar-refractivity contribution >= 4 is 17.5 Å². The van der Waals surface area contributed by atoms with E-state index in [1.165, 1.54) is 18.2 Å². The van der Waals surface area contributed by atoms with Gasteiger partial charge in [0, 0.05) is 24.2 Å². The van der Waals surface area contributed by atoms with E-state index in [1.807, 2.05) is 0 Å². The maximum atomic E-state index is 13.0. The number of aryl methyl sites for hydroxylation is 1. The van der Waals surface area contributed by atoms with Crippen molar-refractivity contribution in [2.45, 2.75) is 19.8 Å². The number of ether oxygens (including phenoxy) is 1. The smallest absolute Gasteiger partial charge is 0.251 e. The lowest BCUT2D eigenvalue weighted by molar-refractivity contribution is -0.116. The Morgan fingerprint density at radius 3 is 2.48 bits per heavy atom. The summed E-state index contributed by atoms with van der Waals surface area (Å²) in [4.78, 5) is 23.9. The highest BCUT2D eigenvalue weighted by molar-refractivity contribution is 5.94. The second kappa shape index (κ2) is 8.82. The minimum atomic E-state index is -0.336. The lowest BCUT2D eigenvalue weighted by Crippen LogP contribution is -2.25. The number of benzene rings is 2. The van der Waals surface area contributed by atoms with Gasteiger partial charge in [-0.3, -0.25) is 9.59 Å². The van der Waals surface area contributed by atoms with Crippen LogP contribution in [0.2, 0.25) is 0 Å². The first-order chi connectivity index (χ1) is 12.0. The molecule has 2 aromatic rings. The molecule has 0 aliphatic heterocycles. The van der Waals surface area contributed by atoms with Crippen molar-refractivity contribution in [2.24, 2.45) is 0 Å². The summed E-state index contributed by atoms with van der Waals surface area (Å²) in [6.07, 6.45) is 0.772. The maximum absolute atomic E-state index is 13.0. The van der Waals surface area contributed by atoms with E-state index < -0.39 is 0 Å². The molecular formula is C19H21FN2O3. The standard InChI is InChI=1S/C19H21FN2O3/c1-13-12-15(20)7-10-17(13)22-18(23)4-3-11-21-19(24)14-5-8-16(25-2)9-6-14/h5-10,12H,3-4,11H2,1-2H3,(H,21,24)(H,22,23). The number of hydrogen-bond acceptors (Lipinski definition) is 3. The van der Waals surface area contributed by atoms with Crippen LogP contribution in [0.3, 0.4) is 0 Å². The number of anilines is 1. The van der Waals surface area contributed by atoms with E-state index in [0.717, 1.165) is 0 Å². The zero-order valence-corrected chi connectivity index (χ0v) is 14.3. The predicted octanol–water partition coefficient (Wildman–Crippen LogP) is 3.29. The first-order valence-corrected chi connectivity index (χ1v) is 7.98. The van der Waals surface area contributed by atoms with Crippen LogP contribution >= 0.6 is 0 Å². The van der Waals surface area contributed by atoms with Crippen molar-refractivity contribution in [3.8, 4) is 5.75 Å². The van der Waals surface area contributed by atoms with Gasteiger partial charge in [0.15, 0.2) is 0 Å². The maximum Gasteiger partial charge on any atom is 0.251 e. The van der Waals surface area contributed by atoms with E-state index in [4.69, 9.17) is 4.74 Å². The Balaban J connectivity index is 1.72. The summed E-state index contributed by atoms with van der Waals surface area (Å²) in [6.45, 7) is 2.12. The molecule has 0 aliphatic carbocycles. The van der Waals surface area contributed by atoms with Crippen molar-refractivity contribution < 1.29 is 18.7 Å². The van der Waals surface area contributed by atoms with Gasteiger partial charge < -0.3 is 15.4 Å². The van der Waals surface area contributed by atoms with Crippen LogP contribution < -0.4 is 15.4 Å². The van der Waals surface area contributed by atoms with Gasteiger partial charge >= 0.3 is 0 Å². The van der Waals surface area contributed by atoms with Crippen molar-refractivity contribution in [3.63, 3.8) is 0 Å². The Morgan fingerprint density at radius 2 is 1.84 bits per heavy atom. The fourth-order valence-corrected chi connectivity index (χ4v) is 2.28. The fourth-order valence-electron chi connectivity index (χ4n) is 2.28. The van der Waals surface area contributed by atoms with Crippen LogP contribution in [-0.2, 0) is 4.79 Å². The molecule has 0 aromatic heterocycles. The molecule has 0 saturated heterocycles. The lowest BCUT2D eigenvalue weighted by atomic mass is 10.2. The Labute approximate surface area is 146 Å². The van der Waals surface area contributed by atoms with E-state index in [2.05, 4.69) is 10.6 Å². The Hall–Kier alpha value is -2.89. The molecule has 0 heterocycles. The molecule has 2 N–H and O–H groups in total. The summed E-state index contributed by atoms with van der Waals surface area (Å²) < 4.78 is 18.1. The Kier molecular flexibility index (Phi) is 6.51. The quantitative estimate of drug-likeness (QED) is 0.758. The molecule has 0 atom stereocenters. The molecule has 6 heteroatoms. The van der Waals surface area contributed by atoms with Gasteiger partial charge in [0.1, 0.15) is 11.6 Å². The molecule has 0 aliphatic rings. The number of amides is 2. The topological polar surface area (TPSA) is 67.4 Å². The number of halogens is 1. The van der Waals surface area contributed by atoms with Gasteiger partial charge in [-0.15, -0.1) is 0 Å². The third-order valence-corrected chi connectivity index (χ3v) is 3.68. The van der Waals surface area contributed by atoms with E-state index in [0.29, 0.717) is 35.5 Å². The minimum absolute atomic E-state index is 0.173. The van der Waals surface area contributed by atoms with Crippen LogP contribution in [0.15, 0.2) is 42.5 Å². The lowest BCUT2D eigenvalue weighted by Gasteiger charge is -2.09. The highest BCUT2D eigenvalue weighted by Crippen LogP contribution is 2.16. The Morgan fingerprint density at radius 1 is 1.12 bits per heavy atom. The highest BCUT2D eigenvalue weighted by Gasteiger charge is 2.07. The van der Waals surface area contributed by atoms with Gasteiger partial charge in [0.05, 0.1) is 7.11 Å². The van der Waals surface area contributed by atoms with Gasteiger partial charge in [-0.05, 0) is 61.4 Å². The van der Waals surface area contributed by atoms with Crippen molar-refractivity contribution in [3.05, 3.63) is 59.4 Å². The normalized spacial score (nSPS) is 10.2. The van der Waals surface area contributed by atoms with Gasteiger partial charge in [-0.2, -0.15) is 0 Å². The highest BCUT2D eigenvalue weighted by atomic mass is 19.1. The second-order valence-electron chi connectivity index (χ2n) is 5.60. The molecule has 0 saturated carbocycles. The SMILES string of the molecule is COc1ccc(C(=O)NCCCC(=O)Nc2ccc(F)cc2C)cc1. The van der Waals surface area contributed by atoms with Crippen LogP contribution in [-0.4, -0.2) is 25.5 Å². The Bertz CT molecular complexity index is 745. The average molecular weight is 344 g/mol. The van der Waals surface area contributed by atoms with Crippen LogP contribution in [0.4, 0.5) is 10.1 Å². The monoisotopic (exact) mass is 344 g/mol. The number of nitrogens with one attached hydrogen (secondary N) is 2. The summed E-state index contributed by atoms with van der Waals surface area (Å²) in [5, 5.41) is 5.50. The third-order valence-electron chi connectivity index (χ3n) is 3.68. The molecule has 2 amide bonds. The number of carbonyl (C=O) groups is 2. The molecule has 5 nitrogen and oxygen atoms in total. The van der Waals surface area contributed by atoms with Crippen molar-refractivity contribution in [1.29, 1.82) is 0 Å². The van der Waals surface area contributed by atoms with E-state index in [-0.39, 0.29) is 24.1 Å². The first-order valence-electron chi connectivity index (χ1n) is 7.98. The van der Waals surface area contributed by atoms with Crippen LogP contribution in [0.1, 0.15) is 28.8 Å².